The highest BCUT2D eigenvalue weighted by Gasteiger charge is 2.27. The number of rotatable bonds is 8. The Balaban J connectivity index is 1.85. The molecule has 0 fully saturated rings. The van der Waals surface area contributed by atoms with Crippen LogP contribution in [0.15, 0.2) is 70.7 Å². The van der Waals surface area contributed by atoms with Crippen molar-refractivity contribution in [1.82, 2.24) is 5.43 Å². The molecular formula is C25H26ClN3O4S. The number of nitrogens with zero attached hydrogens (tertiary/aromatic N) is 2. The van der Waals surface area contributed by atoms with Crippen LogP contribution in [0.2, 0.25) is 5.02 Å². The van der Waals surface area contributed by atoms with Crippen molar-refractivity contribution in [3.05, 3.63) is 87.9 Å². The highest BCUT2D eigenvalue weighted by molar-refractivity contribution is 7.92. The minimum absolute atomic E-state index is 0.0188. The Morgan fingerprint density at radius 1 is 1.00 bits per heavy atom. The highest BCUT2D eigenvalue weighted by Crippen LogP contribution is 2.26. The molecule has 0 atom stereocenters. The number of carbonyl (C=O) groups is 1. The average molecular weight is 500 g/mol. The van der Waals surface area contributed by atoms with Crippen LogP contribution in [0.25, 0.3) is 0 Å². The van der Waals surface area contributed by atoms with Crippen LogP contribution in [0, 0.1) is 20.8 Å². The Morgan fingerprint density at radius 2 is 1.65 bits per heavy atom. The fourth-order valence-corrected chi connectivity index (χ4v) is 4.80. The number of amides is 1. The average Bonchev–Trinajstić information content (AvgIpc) is 2.83. The molecular weight excluding hydrogens is 474 g/mol. The second-order valence-electron chi connectivity index (χ2n) is 7.68. The fourth-order valence-electron chi connectivity index (χ4n) is 3.25. The number of hydrogen-bond acceptors (Lipinski definition) is 5. The van der Waals surface area contributed by atoms with Crippen LogP contribution in [-0.2, 0) is 14.8 Å². The molecule has 1 amide bonds. The van der Waals surface area contributed by atoms with Crippen molar-refractivity contribution in [1.29, 1.82) is 0 Å². The zero-order chi connectivity index (χ0) is 24.9. The minimum Gasteiger partial charge on any atom is -0.497 e. The molecule has 3 aromatic carbocycles. The minimum atomic E-state index is -4.06. The predicted molar refractivity (Wildman–Crippen MR) is 135 cm³/mol. The van der Waals surface area contributed by atoms with E-state index in [4.69, 9.17) is 16.3 Å². The molecule has 3 aromatic rings. The number of benzene rings is 3. The van der Waals surface area contributed by atoms with Crippen molar-refractivity contribution in [2.45, 2.75) is 25.7 Å². The first-order valence-corrected chi connectivity index (χ1v) is 12.3. The molecule has 0 bridgehead atoms. The van der Waals surface area contributed by atoms with Gasteiger partial charge >= 0.3 is 0 Å². The molecule has 1 N–H and O–H groups in total. The van der Waals surface area contributed by atoms with Gasteiger partial charge in [0, 0.05) is 5.02 Å². The summed E-state index contributed by atoms with van der Waals surface area (Å²) >= 11 is 5.97. The van der Waals surface area contributed by atoms with Gasteiger partial charge in [-0.25, -0.2) is 13.8 Å². The van der Waals surface area contributed by atoms with Crippen LogP contribution in [0.5, 0.6) is 5.75 Å². The van der Waals surface area contributed by atoms with Gasteiger partial charge in [0.1, 0.15) is 12.3 Å². The van der Waals surface area contributed by atoms with Crippen LogP contribution in [-0.4, -0.2) is 34.2 Å². The third-order valence-electron chi connectivity index (χ3n) is 5.54. The lowest BCUT2D eigenvalue weighted by Gasteiger charge is -2.23. The van der Waals surface area contributed by atoms with Gasteiger partial charge < -0.3 is 4.74 Å². The van der Waals surface area contributed by atoms with Crippen molar-refractivity contribution in [2.24, 2.45) is 5.10 Å². The summed E-state index contributed by atoms with van der Waals surface area (Å²) in [6.45, 7) is 5.56. The van der Waals surface area contributed by atoms with Gasteiger partial charge in [0.2, 0.25) is 0 Å². The van der Waals surface area contributed by atoms with E-state index in [0.717, 1.165) is 21.0 Å². The van der Waals surface area contributed by atoms with Gasteiger partial charge in [-0.2, -0.15) is 5.10 Å². The van der Waals surface area contributed by atoms with Gasteiger partial charge in [-0.3, -0.25) is 9.10 Å². The number of aryl methyl sites for hydroxylation is 1. The first-order chi connectivity index (χ1) is 16.1. The molecule has 0 heterocycles. The third-order valence-corrected chi connectivity index (χ3v) is 7.58. The van der Waals surface area contributed by atoms with Crippen LogP contribution in [0.3, 0.4) is 0 Å². The molecule has 0 aromatic heterocycles. The lowest BCUT2D eigenvalue weighted by Crippen LogP contribution is -2.39. The molecule has 0 saturated heterocycles. The molecule has 3 rings (SSSR count). The Kier molecular flexibility index (Phi) is 7.96. The standard InChI is InChI=1S/C25H26ClN3O4S/c1-17-5-6-20(19(3)18(17)2)15-27-28-25(30)16-29(22-9-7-21(26)8-10-22)34(31,32)24-13-11-23(33-4)12-14-24/h5-15H,16H2,1-4H3,(H,28,30)/b27-15-. The van der Waals surface area contributed by atoms with Crippen molar-refractivity contribution in [2.75, 3.05) is 18.0 Å². The smallest absolute Gasteiger partial charge is 0.264 e. The normalized spacial score (nSPS) is 11.4. The number of sulfonamides is 1. The van der Waals surface area contributed by atoms with Crippen molar-refractivity contribution >= 4 is 39.4 Å². The number of ether oxygens (including phenoxy) is 1. The zero-order valence-corrected chi connectivity index (χ0v) is 20.9. The van der Waals surface area contributed by atoms with Crippen LogP contribution in [0.1, 0.15) is 22.3 Å². The van der Waals surface area contributed by atoms with E-state index in [1.165, 1.54) is 24.8 Å². The number of halogens is 1. The lowest BCUT2D eigenvalue weighted by atomic mass is 10.00. The number of methoxy groups -OCH3 is 1. The van der Waals surface area contributed by atoms with Gasteiger partial charge in [0.25, 0.3) is 15.9 Å². The van der Waals surface area contributed by atoms with Crippen LogP contribution >= 0.6 is 11.6 Å². The summed E-state index contributed by atoms with van der Waals surface area (Å²) in [5.41, 5.74) is 6.96. The summed E-state index contributed by atoms with van der Waals surface area (Å²) in [5, 5.41) is 4.48. The van der Waals surface area contributed by atoms with E-state index in [9.17, 15) is 13.2 Å². The van der Waals surface area contributed by atoms with Gasteiger partial charge in [-0.1, -0.05) is 23.7 Å². The predicted octanol–water partition coefficient (Wildman–Crippen LogP) is 4.62. The van der Waals surface area contributed by atoms with Crippen LogP contribution in [0.4, 0.5) is 5.69 Å². The number of anilines is 1. The van der Waals surface area contributed by atoms with E-state index in [1.54, 1.807) is 42.6 Å². The van der Waals surface area contributed by atoms with Crippen molar-refractivity contribution < 1.29 is 17.9 Å². The summed E-state index contributed by atoms with van der Waals surface area (Å²) in [4.78, 5) is 12.7. The van der Waals surface area contributed by atoms with Gasteiger partial charge in [0.15, 0.2) is 0 Å². The largest absolute Gasteiger partial charge is 0.497 e. The number of hydrazone groups is 1. The Labute approximate surface area is 205 Å². The molecule has 0 aliphatic rings. The fraction of sp³-hybridized carbons (Fsp3) is 0.200. The topological polar surface area (TPSA) is 88.1 Å². The number of carbonyl (C=O) groups excluding carboxylic acids is 1. The van der Waals surface area contributed by atoms with Crippen LogP contribution < -0.4 is 14.5 Å². The van der Waals surface area contributed by atoms with E-state index in [1.807, 2.05) is 32.9 Å². The molecule has 0 radical (unpaired) electrons. The molecule has 34 heavy (non-hydrogen) atoms. The Bertz CT molecular complexity index is 1310. The maximum atomic E-state index is 13.4. The monoisotopic (exact) mass is 499 g/mol. The highest BCUT2D eigenvalue weighted by atomic mass is 35.5. The molecule has 9 heteroatoms. The zero-order valence-electron chi connectivity index (χ0n) is 19.4. The summed E-state index contributed by atoms with van der Waals surface area (Å²) in [6.07, 6.45) is 1.55. The first-order valence-electron chi connectivity index (χ1n) is 10.4. The van der Waals surface area contributed by atoms with Gasteiger partial charge in [-0.15, -0.1) is 0 Å². The van der Waals surface area contributed by atoms with Gasteiger partial charge in [-0.05, 0) is 91.6 Å². The first kappa shape index (κ1) is 25.3. The number of hydrogen-bond donors (Lipinski definition) is 1. The Morgan fingerprint density at radius 3 is 2.26 bits per heavy atom. The van der Waals surface area contributed by atoms with E-state index in [0.29, 0.717) is 16.5 Å². The lowest BCUT2D eigenvalue weighted by molar-refractivity contribution is -0.119. The molecule has 178 valence electrons. The molecule has 7 nitrogen and oxygen atoms in total. The Hall–Kier alpha value is -3.36. The van der Waals surface area contributed by atoms with Crippen molar-refractivity contribution in [3.63, 3.8) is 0 Å². The second kappa shape index (κ2) is 10.7. The van der Waals surface area contributed by atoms with Gasteiger partial charge in [0.05, 0.1) is 23.9 Å². The summed E-state index contributed by atoms with van der Waals surface area (Å²) < 4.78 is 32.9. The van der Waals surface area contributed by atoms with Crippen molar-refractivity contribution in [3.8, 4) is 5.75 Å². The third kappa shape index (κ3) is 5.76. The SMILES string of the molecule is COc1ccc(S(=O)(=O)N(CC(=O)N/N=C\c2ccc(C)c(C)c2C)c2ccc(Cl)cc2)cc1. The molecule has 0 spiro atoms. The van der Waals surface area contributed by atoms with E-state index in [2.05, 4.69) is 10.5 Å². The summed E-state index contributed by atoms with van der Waals surface area (Å²) in [7, 11) is -2.57. The maximum absolute atomic E-state index is 13.4. The second-order valence-corrected chi connectivity index (χ2v) is 9.98. The summed E-state index contributed by atoms with van der Waals surface area (Å²) in [6, 6.07) is 16.0. The number of nitrogens with one attached hydrogen (secondary N) is 1. The maximum Gasteiger partial charge on any atom is 0.264 e. The molecule has 0 aliphatic heterocycles. The van der Waals surface area contributed by atoms with E-state index >= 15 is 0 Å². The van der Waals surface area contributed by atoms with E-state index < -0.39 is 22.5 Å². The summed E-state index contributed by atoms with van der Waals surface area (Å²) in [5.74, 6) is -0.0736. The molecule has 0 aliphatic carbocycles. The van der Waals surface area contributed by atoms with E-state index in [-0.39, 0.29) is 4.90 Å². The molecule has 0 saturated carbocycles. The quantitative estimate of drug-likeness (QED) is 0.362. The molecule has 0 unspecified atom stereocenters.